The topological polar surface area (TPSA) is 191 Å². The predicted molar refractivity (Wildman–Crippen MR) is 123 cm³/mol. The molecule has 0 aromatic heterocycles. The number of carboxylic acid groups (broad SMARTS) is 2. The van der Waals surface area contributed by atoms with Gasteiger partial charge in [0.05, 0.1) is 6.04 Å². The molecule has 12 nitrogen and oxygen atoms in total. The summed E-state index contributed by atoms with van der Waals surface area (Å²) >= 11 is 0. The van der Waals surface area contributed by atoms with Crippen LogP contribution in [0.1, 0.15) is 77.6 Å². The summed E-state index contributed by atoms with van der Waals surface area (Å²) in [6.45, 7) is 1.60. The van der Waals surface area contributed by atoms with Crippen LogP contribution in [0.5, 0.6) is 0 Å². The summed E-state index contributed by atoms with van der Waals surface area (Å²) in [4.78, 5) is 68.6. The third-order valence-electron chi connectivity index (χ3n) is 5.12. The van der Waals surface area contributed by atoms with Gasteiger partial charge in [-0.2, -0.15) is 0 Å². The number of aliphatic carboxylic acids is 2. The first-order valence-corrected chi connectivity index (χ1v) is 11.6. The molecule has 12 heteroatoms. The smallest absolute Gasteiger partial charge is 0.326 e. The van der Waals surface area contributed by atoms with Crippen LogP contribution in [-0.2, 0) is 24.0 Å². The quantitative estimate of drug-likeness (QED) is 0.145. The molecule has 0 fully saturated rings. The van der Waals surface area contributed by atoms with Crippen molar-refractivity contribution in [2.45, 2.75) is 89.6 Å². The molecule has 34 heavy (non-hydrogen) atoms. The van der Waals surface area contributed by atoms with E-state index in [0.717, 1.165) is 25.7 Å². The van der Waals surface area contributed by atoms with Gasteiger partial charge in [0.25, 0.3) is 0 Å². The second-order valence-corrected chi connectivity index (χ2v) is 8.04. The van der Waals surface area contributed by atoms with Gasteiger partial charge in [-0.3, -0.25) is 19.2 Å². The van der Waals surface area contributed by atoms with Crippen LogP contribution in [0.25, 0.3) is 0 Å². The van der Waals surface area contributed by atoms with E-state index >= 15 is 0 Å². The lowest BCUT2D eigenvalue weighted by Crippen LogP contribution is -2.50. The van der Waals surface area contributed by atoms with Crippen LogP contribution >= 0.6 is 0 Å². The fraction of sp³-hybridized carbons (Fsp3) is 0.727. The Balaban J connectivity index is 4.11. The standard InChI is InChI=1S/C22H38N4O8/c1-15(27)16(12-13-20(30)31)25-22(34)26-17(21(32)33)9-7-8-14-24-19(29)11-6-4-3-5-10-18(28)23-2/h16-17H,3-14H2,1-2H3,(H,23,28)(H,24,29)(H,30,31)(H,32,33)(H2,25,26,34)/t16-,17+/m0/s1. The number of hydrogen-bond acceptors (Lipinski definition) is 6. The largest absolute Gasteiger partial charge is 0.481 e. The molecule has 0 spiro atoms. The van der Waals surface area contributed by atoms with Crippen LogP contribution in [0.4, 0.5) is 4.79 Å². The number of carbonyl (C=O) groups excluding carboxylic acids is 4. The lowest BCUT2D eigenvalue weighted by Gasteiger charge is -2.19. The molecular formula is C22H38N4O8. The summed E-state index contributed by atoms with van der Waals surface area (Å²) in [5.74, 6) is -2.85. The first-order chi connectivity index (χ1) is 16.1. The molecule has 0 rings (SSSR count). The molecular weight excluding hydrogens is 448 g/mol. The number of hydrogen-bond donors (Lipinski definition) is 6. The van der Waals surface area contributed by atoms with Gasteiger partial charge in [0.15, 0.2) is 5.78 Å². The summed E-state index contributed by atoms with van der Waals surface area (Å²) in [6.07, 6.45) is 4.82. The van der Waals surface area contributed by atoms with Crippen molar-refractivity contribution in [3.63, 3.8) is 0 Å². The number of ketones is 1. The molecule has 0 aliphatic carbocycles. The van der Waals surface area contributed by atoms with Crippen molar-refractivity contribution < 1.29 is 39.0 Å². The van der Waals surface area contributed by atoms with Crippen molar-refractivity contribution in [1.82, 2.24) is 21.3 Å². The van der Waals surface area contributed by atoms with Gasteiger partial charge in [-0.05, 0) is 45.4 Å². The number of amides is 4. The van der Waals surface area contributed by atoms with Gasteiger partial charge in [-0.15, -0.1) is 0 Å². The van der Waals surface area contributed by atoms with Crippen molar-refractivity contribution in [2.75, 3.05) is 13.6 Å². The minimum absolute atomic E-state index is 0.00899. The molecule has 0 aliphatic heterocycles. The van der Waals surface area contributed by atoms with E-state index in [4.69, 9.17) is 5.11 Å². The van der Waals surface area contributed by atoms with Crippen LogP contribution in [-0.4, -0.2) is 71.5 Å². The van der Waals surface area contributed by atoms with E-state index in [1.165, 1.54) is 6.92 Å². The molecule has 2 atom stereocenters. The minimum atomic E-state index is -1.24. The highest BCUT2D eigenvalue weighted by molar-refractivity contribution is 5.89. The monoisotopic (exact) mass is 486 g/mol. The summed E-state index contributed by atoms with van der Waals surface area (Å²) in [5, 5.41) is 27.9. The number of urea groups is 1. The molecule has 194 valence electrons. The van der Waals surface area contributed by atoms with E-state index in [1.807, 2.05) is 0 Å². The van der Waals surface area contributed by atoms with Gasteiger partial charge in [0, 0.05) is 32.9 Å². The Morgan fingerprint density at radius 3 is 1.82 bits per heavy atom. The SMILES string of the molecule is CNC(=O)CCCCCCC(=O)NCCCC[C@@H](NC(=O)N[C@@H](CCC(=O)O)C(C)=O)C(=O)O. The van der Waals surface area contributed by atoms with Crippen LogP contribution < -0.4 is 21.3 Å². The second-order valence-electron chi connectivity index (χ2n) is 8.04. The fourth-order valence-corrected chi connectivity index (χ4v) is 3.10. The van der Waals surface area contributed by atoms with E-state index < -0.39 is 35.8 Å². The van der Waals surface area contributed by atoms with Gasteiger partial charge < -0.3 is 31.5 Å². The molecule has 4 amide bonds. The maximum Gasteiger partial charge on any atom is 0.326 e. The minimum Gasteiger partial charge on any atom is -0.481 e. The highest BCUT2D eigenvalue weighted by atomic mass is 16.4. The third-order valence-corrected chi connectivity index (χ3v) is 5.12. The number of carboxylic acids is 2. The molecule has 0 bridgehead atoms. The molecule has 0 unspecified atom stereocenters. The number of rotatable bonds is 19. The Morgan fingerprint density at radius 1 is 0.706 bits per heavy atom. The number of unbranched alkanes of at least 4 members (excludes halogenated alkanes) is 4. The van der Waals surface area contributed by atoms with E-state index in [-0.39, 0.29) is 31.1 Å². The Morgan fingerprint density at radius 2 is 1.29 bits per heavy atom. The fourth-order valence-electron chi connectivity index (χ4n) is 3.10. The van der Waals surface area contributed by atoms with Crippen LogP contribution in [0.3, 0.4) is 0 Å². The van der Waals surface area contributed by atoms with Crippen LogP contribution in [0, 0.1) is 0 Å². The molecule has 0 saturated carbocycles. The highest BCUT2D eigenvalue weighted by Crippen LogP contribution is 2.06. The second kappa shape index (κ2) is 18.3. The third kappa shape index (κ3) is 16.5. The van der Waals surface area contributed by atoms with Gasteiger partial charge in [-0.25, -0.2) is 9.59 Å². The number of nitrogens with one attached hydrogen (secondary N) is 4. The maximum absolute atomic E-state index is 12.0. The number of Topliss-reactive ketones (excluding diaryl/α,β-unsaturated/α-hetero) is 1. The van der Waals surface area contributed by atoms with Gasteiger partial charge >= 0.3 is 18.0 Å². The van der Waals surface area contributed by atoms with Crippen molar-refractivity contribution >= 4 is 35.6 Å². The van der Waals surface area contributed by atoms with Crippen molar-refractivity contribution in [3.8, 4) is 0 Å². The average molecular weight is 487 g/mol. The molecule has 0 saturated heterocycles. The Bertz CT molecular complexity index is 698. The Hall–Kier alpha value is -3.18. The van der Waals surface area contributed by atoms with Crippen LogP contribution in [0.2, 0.25) is 0 Å². The first-order valence-electron chi connectivity index (χ1n) is 11.6. The first kappa shape index (κ1) is 30.8. The summed E-state index contributed by atoms with van der Waals surface area (Å²) in [7, 11) is 1.60. The molecule has 6 N–H and O–H groups in total. The lowest BCUT2D eigenvalue weighted by molar-refractivity contribution is -0.139. The summed E-state index contributed by atoms with van der Waals surface area (Å²) < 4.78 is 0. The van der Waals surface area contributed by atoms with E-state index in [1.54, 1.807) is 7.05 Å². The Kier molecular flexibility index (Phi) is 16.6. The molecule has 0 radical (unpaired) electrons. The number of carbonyl (C=O) groups is 6. The molecule has 0 aliphatic rings. The van der Waals surface area contributed by atoms with Gasteiger partial charge in [-0.1, -0.05) is 12.8 Å². The predicted octanol–water partition coefficient (Wildman–Crippen LogP) is 0.934. The van der Waals surface area contributed by atoms with E-state index in [2.05, 4.69) is 21.3 Å². The zero-order valence-corrected chi connectivity index (χ0v) is 20.0. The zero-order chi connectivity index (χ0) is 25.9. The molecule has 0 heterocycles. The van der Waals surface area contributed by atoms with Crippen LogP contribution in [0.15, 0.2) is 0 Å². The van der Waals surface area contributed by atoms with Crippen molar-refractivity contribution in [3.05, 3.63) is 0 Å². The highest BCUT2D eigenvalue weighted by Gasteiger charge is 2.23. The molecule has 0 aromatic rings. The maximum atomic E-state index is 12.0. The summed E-state index contributed by atoms with van der Waals surface area (Å²) in [5.41, 5.74) is 0. The zero-order valence-electron chi connectivity index (χ0n) is 20.0. The normalized spacial score (nSPS) is 12.2. The van der Waals surface area contributed by atoms with E-state index in [0.29, 0.717) is 32.2 Å². The van der Waals surface area contributed by atoms with E-state index in [9.17, 15) is 33.9 Å². The molecule has 0 aromatic carbocycles. The van der Waals surface area contributed by atoms with Crippen molar-refractivity contribution in [1.29, 1.82) is 0 Å². The van der Waals surface area contributed by atoms with Gasteiger partial charge in [0.1, 0.15) is 6.04 Å². The Labute approximate surface area is 199 Å². The van der Waals surface area contributed by atoms with Crippen molar-refractivity contribution in [2.24, 2.45) is 0 Å². The lowest BCUT2D eigenvalue weighted by atomic mass is 10.1. The average Bonchev–Trinajstić information content (AvgIpc) is 2.77. The summed E-state index contributed by atoms with van der Waals surface area (Å²) in [6, 6.07) is -3.06. The van der Waals surface area contributed by atoms with Gasteiger partial charge in [0.2, 0.25) is 11.8 Å².